The van der Waals surface area contributed by atoms with Crippen molar-refractivity contribution in [2.45, 2.75) is 56.8 Å². The van der Waals surface area contributed by atoms with Gasteiger partial charge in [0.25, 0.3) is 5.56 Å². The van der Waals surface area contributed by atoms with Gasteiger partial charge in [-0.05, 0) is 38.3 Å². The minimum absolute atomic E-state index is 0.00496. The molecule has 1 heterocycles. The van der Waals surface area contributed by atoms with E-state index >= 15 is 0 Å². The topological polar surface area (TPSA) is 64.0 Å². The van der Waals surface area contributed by atoms with Gasteiger partial charge in [-0.2, -0.15) is 0 Å². The Hall–Kier alpha value is -1.82. The van der Waals surface area contributed by atoms with Gasteiger partial charge in [-0.3, -0.25) is 14.2 Å². The average Bonchev–Trinajstić information content (AvgIpc) is 3.38. The average molecular weight is 345 g/mol. The molecule has 1 saturated carbocycles. The molecule has 0 spiro atoms. The van der Waals surface area contributed by atoms with Crippen LogP contribution in [0.5, 0.6) is 0 Å². The van der Waals surface area contributed by atoms with Crippen LogP contribution in [0.15, 0.2) is 34.2 Å². The highest BCUT2D eigenvalue weighted by atomic mass is 32.2. The number of nitrogens with zero attached hydrogens (tertiary/aromatic N) is 2. The maximum absolute atomic E-state index is 12.7. The zero-order valence-corrected chi connectivity index (χ0v) is 14.9. The van der Waals surface area contributed by atoms with Crippen molar-refractivity contribution in [1.82, 2.24) is 14.9 Å². The quantitative estimate of drug-likeness (QED) is 0.618. The number of thioether (sulfide) groups is 1. The summed E-state index contributed by atoms with van der Waals surface area (Å²) in [4.78, 5) is 29.5. The number of hydrogen-bond donors (Lipinski definition) is 1. The normalized spacial score (nSPS) is 15.4. The van der Waals surface area contributed by atoms with Crippen LogP contribution >= 0.6 is 11.8 Å². The summed E-state index contributed by atoms with van der Waals surface area (Å²) in [5.74, 6) is 0.275. The molecule has 1 N–H and O–H groups in total. The molecular formula is C18H23N3O2S. The fourth-order valence-corrected chi connectivity index (χ4v) is 3.71. The highest BCUT2D eigenvalue weighted by molar-refractivity contribution is 7.99. The fourth-order valence-electron chi connectivity index (χ4n) is 2.83. The number of fused-ring (bicyclic) bond motifs is 1. The van der Waals surface area contributed by atoms with E-state index in [4.69, 9.17) is 0 Å². The Morgan fingerprint density at radius 2 is 2.17 bits per heavy atom. The lowest BCUT2D eigenvalue weighted by molar-refractivity contribution is -0.119. The van der Waals surface area contributed by atoms with Crippen LogP contribution in [0.2, 0.25) is 0 Å². The number of carbonyl (C=O) groups excluding carboxylic acids is 1. The van der Waals surface area contributed by atoms with E-state index in [1.165, 1.54) is 11.8 Å². The summed E-state index contributed by atoms with van der Waals surface area (Å²) in [6.45, 7) is 4.12. The Labute approximate surface area is 145 Å². The van der Waals surface area contributed by atoms with E-state index in [0.29, 0.717) is 16.1 Å². The van der Waals surface area contributed by atoms with Gasteiger partial charge in [0.1, 0.15) is 0 Å². The van der Waals surface area contributed by atoms with E-state index in [1.807, 2.05) is 31.2 Å². The second-order valence-corrected chi connectivity index (χ2v) is 7.31. The van der Waals surface area contributed by atoms with Crippen molar-refractivity contribution in [3.63, 3.8) is 0 Å². The number of rotatable bonds is 7. The summed E-state index contributed by atoms with van der Waals surface area (Å²) >= 11 is 1.35. The van der Waals surface area contributed by atoms with Crippen LogP contribution in [0.3, 0.4) is 0 Å². The first-order valence-electron chi connectivity index (χ1n) is 8.53. The first-order chi connectivity index (χ1) is 11.6. The summed E-state index contributed by atoms with van der Waals surface area (Å²) in [6, 6.07) is 7.82. The smallest absolute Gasteiger partial charge is 0.262 e. The maximum atomic E-state index is 12.7. The molecule has 0 unspecified atom stereocenters. The molecule has 6 heteroatoms. The fraction of sp³-hybridized carbons (Fsp3) is 0.500. The zero-order chi connectivity index (χ0) is 17.1. The Kier molecular flexibility index (Phi) is 5.23. The summed E-state index contributed by atoms with van der Waals surface area (Å²) in [6.07, 6.45) is 4.03. The van der Waals surface area contributed by atoms with Crippen LogP contribution in [0.4, 0.5) is 0 Å². The van der Waals surface area contributed by atoms with E-state index < -0.39 is 0 Å². The van der Waals surface area contributed by atoms with Crippen molar-refractivity contribution in [3.8, 4) is 0 Å². The van der Waals surface area contributed by atoms with Gasteiger partial charge in [0.05, 0.1) is 16.7 Å². The van der Waals surface area contributed by atoms with Crippen molar-refractivity contribution in [3.05, 3.63) is 34.6 Å². The molecule has 1 atom stereocenters. The summed E-state index contributed by atoms with van der Waals surface area (Å²) in [5.41, 5.74) is 0.701. The summed E-state index contributed by atoms with van der Waals surface area (Å²) in [7, 11) is 0. The number of amides is 1. The SMILES string of the molecule is CCC[C@@H](C)NC(=O)CSc1nc2ccccc2c(=O)n1C1CC1. The molecular weight excluding hydrogens is 322 g/mol. The summed E-state index contributed by atoms with van der Waals surface area (Å²) in [5, 5.41) is 4.29. The minimum Gasteiger partial charge on any atom is -0.353 e. The predicted octanol–water partition coefficient (Wildman–Crippen LogP) is 3.13. The van der Waals surface area contributed by atoms with Crippen LogP contribution in [-0.2, 0) is 4.79 Å². The molecule has 0 radical (unpaired) electrons. The molecule has 0 bridgehead atoms. The van der Waals surface area contributed by atoms with Gasteiger partial charge < -0.3 is 5.32 Å². The number of carbonyl (C=O) groups is 1. The summed E-state index contributed by atoms with van der Waals surface area (Å²) < 4.78 is 1.77. The van der Waals surface area contributed by atoms with Crippen LogP contribution in [-0.4, -0.2) is 27.3 Å². The first-order valence-corrected chi connectivity index (χ1v) is 9.52. The molecule has 1 aliphatic carbocycles. The highest BCUT2D eigenvalue weighted by Gasteiger charge is 2.28. The molecule has 5 nitrogen and oxygen atoms in total. The van der Waals surface area contributed by atoms with Crippen LogP contribution in [0.25, 0.3) is 10.9 Å². The maximum Gasteiger partial charge on any atom is 0.262 e. The van der Waals surface area contributed by atoms with E-state index in [-0.39, 0.29) is 29.3 Å². The third-order valence-corrected chi connectivity index (χ3v) is 5.10. The van der Waals surface area contributed by atoms with Crippen LogP contribution in [0, 0.1) is 0 Å². The van der Waals surface area contributed by atoms with E-state index in [2.05, 4.69) is 17.2 Å². The molecule has 0 saturated heterocycles. The lowest BCUT2D eigenvalue weighted by atomic mass is 10.2. The number of aromatic nitrogens is 2. The molecule has 3 rings (SSSR count). The van der Waals surface area contributed by atoms with Gasteiger partial charge in [-0.1, -0.05) is 37.2 Å². The minimum atomic E-state index is -0.00861. The second kappa shape index (κ2) is 7.38. The molecule has 24 heavy (non-hydrogen) atoms. The van der Waals surface area contributed by atoms with Crippen molar-refractivity contribution < 1.29 is 4.79 Å². The second-order valence-electron chi connectivity index (χ2n) is 6.36. The van der Waals surface area contributed by atoms with E-state index in [0.717, 1.165) is 25.7 Å². The molecule has 2 aromatic rings. The molecule has 128 valence electrons. The largest absolute Gasteiger partial charge is 0.353 e. The monoisotopic (exact) mass is 345 g/mol. The third kappa shape index (κ3) is 3.80. The highest BCUT2D eigenvalue weighted by Crippen LogP contribution is 2.36. The van der Waals surface area contributed by atoms with Crippen molar-refractivity contribution in [1.29, 1.82) is 0 Å². The lowest BCUT2D eigenvalue weighted by Gasteiger charge is -2.14. The number of para-hydroxylation sites is 1. The van der Waals surface area contributed by atoms with Gasteiger partial charge in [-0.25, -0.2) is 4.98 Å². The van der Waals surface area contributed by atoms with Gasteiger partial charge in [-0.15, -0.1) is 0 Å². The Morgan fingerprint density at radius 1 is 1.42 bits per heavy atom. The Bertz CT molecular complexity index is 798. The lowest BCUT2D eigenvalue weighted by Crippen LogP contribution is -2.34. The first kappa shape index (κ1) is 17.0. The molecule has 1 fully saturated rings. The number of benzene rings is 1. The van der Waals surface area contributed by atoms with Crippen LogP contribution in [0.1, 0.15) is 45.6 Å². The number of nitrogens with one attached hydrogen (secondary N) is 1. The van der Waals surface area contributed by atoms with Crippen molar-refractivity contribution >= 4 is 28.6 Å². The molecule has 1 aromatic carbocycles. The van der Waals surface area contributed by atoms with Crippen LogP contribution < -0.4 is 10.9 Å². The van der Waals surface area contributed by atoms with E-state index in [9.17, 15) is 9.59 Å². The van der Waals surface area contributed by atoms with Gasteiger partial charge in [0.2, 0.25) is 5.91 Å². The van der Waals surface area contributed by atoms with Gasteiger partial charge in [0, 0.05) is 12.1 Å². The molecule has 1 aromatic heterocycles. The van der Waals surface area contributed by atoms with Crippen molar-refractivity contribution in [2.75, 3.05) is 5.75 Å². The Balaban J connectivity index is 1.80. The van der Waals surface area contributed by atoms with Gasteiger partial charge in [0.15, 0.2) is 5.16 Å². The standard InChI is InChI=1S/C18H23N3O2S/c1-3-6-12(2)19-16(22)11-24-18-20-15-8-5-4-7-14(15)17(23)21(18)13-9-10-13/h4-5,7-8,12-13H,3,6,9-11H2,1-2H3,(H,19,22)/t12-/m1/s1. The van der Waals surface area contributed by atoms with Crippen molar-refractivity contribution in [2.24, 2.45) is 0 Å². The Morgan fingerprint density at radius 3 is 2.88 bits per heavy atom. The molecule has 0 aliphatic heterocycles. The number of hydrogen-bond acceptors (Lipinski definition) is 4. The predicted molar refractivity (Wildman–Crippen MR) is 97.5 cm³/mol. The zero-order valence-electron chi connectivity index (χ0n) is 14.1. The third-order valence-electron chi connectivity index (χ3n) is 4.15. The molecule has 1 aliphatic rings. The molecule has 1 amide bonds. The van der Waals surface area contributed by atoms with Gasteiger partial charge >= 0.3 is 0 Å². The van der Waals surface area contributed by atoms with E-state index in [1.54, 1.807) is 4.57 Å².